The van der Waals surface area contributed by atoms with Crippen LogP contribution < -0.4 is 14.5 Å². The third-order valence-electron chi connectivity index (χ3n) is 5.05. The van der Waals surface area contributed by atoms with Gasteiger partial charge >= 0.3 is 0 Å². The first-order chi connectivity index (χ1) is 13.6. The minimum atomic E-state index is 0.774. The lowest BCUT2D eigenvalue weighted by molar-refractivity contribution is 0.419. The maximum atomic E-state index is 6.20. The van der Waals surface area contributed by atoms with Crippen molar-refractivity contribution in [2.24, 2.45) is 0 Å². The fourth-order valence-electron chi connectivity index (χ4n) is 3.58. The quantitative estimate of drug-likeness (QED) is 0.446. The molecule has 0 unspecified atom stereocenters. The van der Waals surface area contributed by atoms with Gasteiger partial charge in [0.15, 0.2) is 10.3 Å². The van der Waals surface area contributed by atoms with Crippen LogP contribution in [-0.4, -0.2) is 43.3 Å². The van der Waals surface area contributed by atoms with Gasteiger partial charge in [-0.05, 0) is 36.8 Å². The van der Waals surface area contributed by atoms with Crippen LogP contribution in [0.4, 0.5) is 10.3 Å². The number of piperazine rings is 1. The van der Waals surface area contributed by atoms with Gasteiger partial charge in [-0.3, -0.25) is 0 Å². The molecule has 0 atom stereocenters. The predicted octanol–water partition coefficient (Wildman–Crippen LogP) is 5.20. The second-order valence-corrected chi connectivity index (χ2v) is 9.30. The summed E-state index contributed by atoms with van der Waals surface area (Å²) in [6.07, 6.45) is 0. The second kappa shape index (κ2) is 7.06. The number of fused-ring (bicyclic) bond motifs is 2. The first-order valence-corrected chi connectivity index (χ1v) is 11.1. The van der Waals surface area contributed by atoms with Crippen molar-refractivity contribution < 1.29 is 4.74 Å². The van der Waals surface area contributed by atoms with Gasteiger partial charge in [-0.1, -0.05) is 40.3 Å². The van der Waals surface area contributed by atoms with Gasteiger partial charge in [0.1, 0.15) is 11.3 Å². The molecule has 2 aromatic heterocycles. The van der Waals surface area contributed by atoms with Gasteiger partial charge in [-0.25, -0.2) is 9.97 Å². The third kappa shape index (κ3) is 3.07. The third-order valence-corrected chi connectivity index (χ3v) is 7.41. The van der Waals surface area contributed by atoms with Crippen LogP contribution in [0.25, 0.3) is 20.4 Å². The first-order valence-electron chi connectivity index (χ1n) is 9.12. The van der Waals surface area contributed by atoms with E-state index in [2.05, 4.69) is 22.8 Å². The van der Waals surface area contributed by atoms with E-state index >= 15 is 0 Å². The molecule has 0 spiro atoms. The largest absolute Gasteiger partial charge is 0.494 e. The zero-order valence-electron chi connectivity index (χ0n) is 15.6. The zero-order valence-corrected chi connectivity index (χ0v) is 18.0. The molecule has 1 aliphatic rings. The number of ether oxygens (including phenoxy) is 1. The minimum Gasteiger partial charge on any atom is -0.494 e. The van der Waals surface area contributed by atoms with Gasteiger partial charge in [-0.15, -0.1) is 0 Å². The lowest BCUT2D eigenvalue weighted by Gasteiger charge is -2.34. The van der Waals surface area contributed by atoms with E-state index in [1.807, 2.05) is 24.3 Å². The van der Waals surface area contributed by atoms with Crippen molar-refractivity contribution in [3.8, 4) is 5.75 Å². The Hall–Kier alpha value is -2.09. The number of benzene rings is 2. The highest BCUT2D eigenvalue weighted by molar-refractivity contribution is 7.22. The van der Waals surface area contributed by atoms with E-state index in [0.717, 1.165) is 73.2 Å². The molecule has 28 heavy (non-hydrogen) atoms. The summed E-state index contributed by atoms with van der Waals surface area (Å²) in [5, 5.41) is 2.91. The van der Waals surface area contributed by atoms with Crippen LogP contribution in [0.1, 0.15) is 5.56 Å². The molecule has 4 aromatic rings. The van der Waals surface area contributed by atoms with E-state index in [9.17, 15) is 0 Å². The highest BCUT2D eigenvalue weighted by Gasteiger charge is 2.23. The van der Waals surface area contributed by atoms with Gasteiger partial charge in [-0.2, -0.15) is 0 Å². The normalized spacial score (nSPS) is 15.0. The number of methoxy groups -OCH3 is 1. The van der Waals surface area contributed by atoms with Crippen molar-refractivity contribution >= 4 is 65.0 Å². The molecular weight excluding hydrogens is 412 g/mol. The summed E-state index contributed by atoms with van der Waals surface area (Å²) in [4.78, 5) is 14.4. The first kappa shape index (κ1) is 18.0. The number of nitrogens with zero attached hydrogens (tertiary/aromatic N) is 4. The topological polar surface area (TPSA) is 41.5 Å². The van der Waals surface area contributed by atoms with Crippen molar-refractivity contribution in [3.05, 3.63) is 40.9 Å². The molecule has 5 rings (SSSR count). The maximum absolute atomic E-state index is 6.20. The van der Waals surface area contributed by atoms with Crippen molar-refractivity contribution in [1.82, 2.24) is 9.97 Å². The molecule has 0 saturated carbocycles. The van der Waals surface area contributed by atoms with E-state index in [4.69, 9.17) is 26.3 Å². The van der Waals surface area contributed by atoms with Crippen molar-refractivity contribution in [1.29, 1.82) is 0 Å². The summed E-state index contributed by atoms with van der Waals surface area (Å²) in [5.74, 6) is 0.835. The number of rotatable bonds is 3. The SMILES string of the molecule is COc1cccc2sc(N3CCN(c4nc5c(C)cc(Cl)cc5s4)CC3)nc12. The fourth-order valence-corrected chi connectivity index (χ4v) is 6.09. The maximum Gasteiger partial charge on any atom is 0.186 e. The summed E-state index contributed by atoms with van der Waals surface area (Å²) in [6.45, 7) is 5.78. The molecule has 0 radical (unpaired) electrons. The Labute approximate surface area is 176 Å². The number of halogens is 1. The Balaban J connectivity index is 1.36. The van der Waals surface area contributed by atoms with Crippen molar-refractivity contribution in [2.75, 3.05) is 43.1 Å². The predicted molar refractivity (Wildman–Crippen MR) is 120 cm³/mol. The van der Waals surface area contributed by atoms with E-state index in [1.54, 1.807) is 29.8 Å². The van der Waals surface area contributed by atoms with Crippen LogP contribution in [0.5, 0.6) is 5.75 Å². The molecular formula is C20H19ClN4OS2. The lowest BCUT2D eigenvalue weighted by Crippen LogP contribution is -2.46. The summed E-state index contributed by atoms with van der Waals surface area (Å²) in [6, 6.07) is 10.1. The summed E-state index contributed by atoms with van der Waals surface area (Å²) in [7, 11) is 1.69. The molecule has 1 aliphatic heterocycles. The molecule has 0 aliphatic carbocycles. The molecule has 3 heterocycles. The van der Waals surface area contributed by atoms with Gasteiger partial charge in [0.05, 0.1) is 22.0 Å². The van der Waals surface area contributed by atoms with Gasteiger partial charge in [0.25, 0.3) is 0 Å². The summed E-state index contributed by atoms with van der Waals surface area (Å²) < 4.78 is 7.77. The standard InChI is InChI=1S/C20H19ClN4OS2/c1-12-10-13(21)11-16-17(12)22-19(28-16)24-6-8-25(9-7-24)20-23-18-14(26-2)4-3-5-15(18)27-20/h3-5,10-11H,6-9H2,1-2H3. The number of hydrogen-bond acceptors (Lipinski definition) is 7. The minimum absolute atomic E-state index is 0.774. The smallest absolute Gasteiger partial charge is 0.186 e. The molecule has 8 heteroatoms. The molecule has 144 valence electrons. The number of aromatic nitrogens is 2. The Morgan fingerprint density at radius 2 is 1.57 bits per heavy atom. The molecule has 1 saturated heterocycles. The average Bonchev–Trinajstić information content (AvgIpc) is 3.32. The molecule has 0 amide bonds. The number of hydrogen-bond donors (Lipinski definition) is 0. The molecule has 5 nitrogen and oxygen atoms in total. The van der Waals surface area contributed by atoms with Crippen LogP contribution in [0, 0.1) is 6.92 Å². The van der Waals surface area contributed by atoms with Crippen LogP contribution in [0.15, 0.2) is 30.3 Å². The highest BCUT2D eigenvalue weighted by Crippen LogP contribution is 2.36. The van der Waals surface area contributed by atoms with Gasteiger partial charge in [0.2, 0.25) is 0 Å². The highest BCUT2D eigenvalue weighted by atomic mass is 35.5. The number of aryl methyl sites for hydroxylation is 1. The summed E-state index contributed by atoms with van der Waals surface area (Å²) in [5.41, 5.74) is 3.14. The van der Waals surface area contributed by atoms with Gasteiger partial charge < -0.3 is 14.5 Å². The Morgan fingerprint density at radius 1 is 0.929 bits per heavy atom. The number of para-hydroxylation sites is 1. The monoisotopic (exact) mass is 430 g/mol. The Bertz CT molecular complexity index is 1160. The second-order valence-electron chi connectivity index (χ2n) is 6.84. The molecule has 1 fully saturated rings. The van der Waals surface area contributed by atoms with Crippen LogP contribution in [-0.2, 0) is 0 Å². The lowest BCUT2D eigenvalue weighted by atomic mass is 10.2. The average molecular weight is 431 g/mol. The zero-order chi connectivity index (χ0) is 19.3. The number of thiazole rings is 2. The Kier molecular flexibility index (Phi) is 4.53. The van der Waals surface area contributed by atoms with Crippen LogP contribution >= 0.6 is 34.3 Å². The molecule has 2 aromatic carbocycles. The van der Waals surface area contributed by atoms with Gasteiger partial charge in [0, 0.05) is 31.2 Å². The van der Waals surface area contributed by atoms with E-state index in [0.29, 0.717) is 0 Å². The van der Waals surface area contributed by atoms with E-state index in [1.165, 1.54) is 0 Å². The van der Waals surface area contributed by atoms with E-state index in [-0.39, 0.29) is 0 Å². The van der Waals surface area contributed by atoms with Crippen LogP contribution in [0.3, 0.4) is 0 Å². The van der Waals surface area contributed by atoms with E-state index < -0.39 is 0 Å². The molecule has 0 N–H and O–H groups in total. The fraction of sp³-hybridized carbons (Fsp3) is 0.300. The molecule has 0 bridgehead atoms. The Morgan fingerprint density at radius 3 is 2.25 bits per heavy atom. The van der Waals surface area contributed by atoms with Crippen molar-refractivity contribution in [3.63, 3.8) is 0 Å². The summed E-state index contributed by atoms with van der Waals surface area (Å²) >= 11 is 9.65. The van der Waals surface area contributed by atoms with Crippen LogP contribution in [0.2, 0.25) is 5.02 Å². The number of anilines is 2. The van der Waals surface area contributed by atoms with Crippen molar-refractivity contribution in [2.45, 2.75) is 6.92 Å².